The fourth-order valence-corrected chi connectivity index (χ4v) is 4.27. The Balaban J connectivity index is 1.60. The average molecular weight is 520 g/mol. The molecule has 2 aromatic rings. The Morgan fingerprint density at radius 1 is 1.08 bits per heavy atom. The van der Waals surface area contributed by atoms with E-state index < -0.39 is 5.97 Å². The molecule has 0 radical (unpaired) electrons. The van der Waals surface area contributed by atoms with Gasteiger partial charge >= 0.3 is 5.97 Å². The summed E-state index contributed by atoms with van der Waals surface area (Å²) in [6, 6.07) is 12.5. The van der Waals surface area contributed by atoms with Crippen LogP contribution in [0.2, 0.25) is 0 Å². The number of hydrogen-bond donors (Lipinski definition) is 3. The lowest BCUT2D eigenvalue weighted by molar-refractivity contribution is 0.0696. The van der Waals surface area contributed by atoms with Crippen LogP contribution in [-0.2, 0) is 0 Å². The predicted octanol–water partition coefficient (Wildman–Crippen LogP) is 7.25. The van der Waals surface area contributed by atoms with Gasteiger partial charge in [0.2, 0.25) is 0 Å². The summed E-state index contributed by atoms with van der Waals surface area (Å²) in [6.45, 7) is 2.42. The highest BCUT2D eigenvalue weighted by atomic mass is 35.5. The number of carbonyl (C=O) groups is 2. The number of nitrogens with zero attached hydrogens (tertiary/aromatic N) is 1. The molecule has 7 heteroatoms. The SMILES string of the molecule is C\C=C/C(Cl)=C\C=C\CCNC(=O)c1ccc(C=Nc2cc(C(=O)O)ccc2NC2CCCCC2)cc1. The molecule has 0 bridgehead atoms. The lowest BCUT2D eigenvalue weighted by Gasteiger charge is -2.24. The van der Waals surface area contributed by atoms with Gasteiger partial charge in [-0.1, -0.05) is 61.2 Å². The molecular formula is C30H34ClN3O3. The molecule has 194 valence electrons. The van der Waals surface area contributed by atoms with Crippen LogP contribution in [0.4, 0.5) is 11.4 Å². The van der Waals surface area contributed by atoms with Crippen molar-refractivity contribution in [3.63, 3.8) is 0 Å². The number of allylic oxidation sites excluding steroid dienone is 5. The molecule has 1 saturated carbocycles. The van der Waals surface area contributed by atoms with Crippen molar-refractivity contribution in [3.05, 3.63) is 94.6 Å². The number of nitrogens with one attached hydrogen (secondary N) is 2. The van der Waals surface area contributed by atoms with Gasteiger partial charge in [0.05, 0.1) is 16.9 Å². The molecule has 1 fully saturated rings. The number of halogens is 1. The molecule has 3 N–H and O–H groups in total. The van der Waals surface area contributed by atoms with Gasteiger partial charge in [-0.3, -0.25) is 9.79 Å². The second-order valence-electron chi connectivity index (χ2n) is 8.92. The molecule has 0 atom stereocenters. The number of benzene rings is 2. The number of carbonyl (C=O) groups excluding carboxylic acids is 1. The topological polar surface area (TPSA) is 90.8 Å². The predicted molar refractivity (Wildman–Crippen MR) is 152 cm³/mol. The Kier molecular flexibility index (Phi) is 11.2. The van der Waals surface area contributed by atoms with E-state index in [1.165, 1.54) is 19.3 Å². The van der Waals surface area contributed by atoms with Crippen LogP contribution in [-0.4, -0.2) is 35.8 Å². The van der Waals surface area contributed by atoms with Gasteiger partial charge in [0.25, 0.3) is 5.91 Å². The van der Waals surface area contributed by atoms with Crippen molar-refractivity contribution in [2.75, 3.05) is 11.9 Å². The van der Waals surface area contributed by atoms with Crippen LogP contribution in [0.15, 0.2) is 82.9 Å². The highest BCUT2D eigenvalue weighted by Crippen LogP contribution is 2.30. The van der Waals surface area contributed by atoms with E-state index >= 15 is 0 Å². The first kappa shape index (κ1) is 27.9. The monoisotopic (exact) mass is 519 g/mol. The quantitative estimate of drug-likeness (QED) is 0.165. The van der Waals surface area contributed by atoms with Gasteiger partial charge in [0, 0.05) is 29.4 Å². The molecule has 0 aromatic heterocycles. The van der Waals surface area contributed by atoms with Crippen LogP contribution < -0.4 is 10.6 Å². The Labute approximate surface area is 223 Å². The largest absolute Gasteiger partial charge is 0.478 e. The zero-order chi connectivity index (χ0) is 26.5. The fourth-order valence-electron chi connectivity index (χ4n) is 4.07. The van der Waals surface area contributed by atoms with E-state index in [9.17, 15) is 14.7 Å². The summed E-state index contributed by atoms with van der Waals surface area (Å²) in [4.78, 5) is 28.5. The molecular weight excluding hydrogens is 486 g/mol. The van der Waals surface area contributed by atoms with Crippen LogP contribution in [0.25, 0.3) is 0 Å². The number of aliphatic imine (C=N–C) groups is 1. The first-order valence-corrected chi connectivity index (χ1v) is 13.1. The van der Waals surface area contributed by atoms with Gasteiger partial charge in [0.1, 0.15) is 0 Å². The van der Waals surface area contributed by atoms with Gasteiger partial charge in [-0.15, -0.1) is 0 Å². The Morgan fingerprint density at radius 3 is 2.51 bits per heavy atom. The summed E-state index contributed by atoms with van der Waals surface area (Å²) in [5, 5.41) is 16.5. The molecule has 1 aliphatic rings. The number of hydrogen-bond acceptors (Lipinski definition) is 4. The maximum atomic E-state index is 12.4. The van der Waals surface area contributed by atoms with Crippen LogP contribution in [0.3, 0.4) is 0 Å². The van der Waals surface area contributed by atoms with Crippen molar-refractivity contribution >= 4 is 41.1 Å². The molecule has 0 heterocycles. The van der Waals surface area contributed by atoms with Gasteiger partial charge < -0.3 is 15.7 Å². The van der Waals surface area contributed by atoms with E-state index in [1.54, 1.807) is 42.6 Å². The minimum atomic E-state index is -0.986. The third-order valence-electron chi connectivity index (χ3n) is 6.05. The molecule has 6 nitrogen and oxygen atoms in total. The number of amides is 1. The number of carboxylic acids is 1. The zero-order valence-corrected chi connectivity index (χ0v) is 21.9. The van der Waals surface area contributed by atoms with E-state index in [2.05, 4.69) is 15.6 Å². The smallest absolute Gasteiger partial charge is 0.335 e. The number of rotatable bonds is 11. The Hall–Kier alpha value is -3.64. The zero-order valence-electron chi connectivity index (χ0n) is 21.1. The second-order valence-corrected chi connectivity index (χ2v) is 9.36. The van der Waals surface area contributed by atoms with E-state index in [4.69, 9.17) is 11.6 Å². The summed E-state index contributed by atoms with van der Waals surface area (Å²) in [6.07, 6.45) is 17.5. The molecule has 0 saturated heterocycles. The van der Waals surface area contributed by atoms with Crippen molar-refractivity contribution in [2.45, 2.75) is 51.5 Å². The average Bonchev–Trinajstić information content (AvgIpc) is 2.91. The third kappa shape index (κ3) is 9.39. The summed E-state index contributed by atoms with van der Waals surface area (Å²) in [7, 11) is 0. The standard InChI is InChI=1S/C30H34ClN3O3/c1-2-9-25(31)10-5-4-8-19-32-29(35)23-15-13-22(14-16-23)21-33-28-20-24(30(36)37)17-18-27(28)34-26-11-6-3-7-12-26/h2,4-5,9-10,13-18,20-21,26,34H,3,6-8,11-12,19H2,1H3,(H,32,35)(H,36,37)/b5-4+,9-2-,25-10+,33-21?. The highest BCUT2D eigenvalue weighted by Gasteiger charge is 2.15. The van der Waals surface area contributed by atoms with Crippen molar-refractivity contribution < 1.29 is 14.7 Å². The molecule has 3 rings (SSSR count). The summed E-state index contributed by atoms with van der Waals surface area (Å²) < 4.78 is 0. The normalized spacial score (nSPS) is 15.0. The summed E-state index contributed by atoms with van der Waals surface area (Å²) >= 11 is 5.98. The highest BCUT2D eigenvalue weighted by molar-refractivity contribution is 6.31. The van der Waals surface area contributed by atoms with E-state index in [0.717, 1.165) is 24.1 Å². The lowest BCUT2D eigenvalue weighted by atomic mass is 9.95. The summed E-state index contributed by atoms with van der Waals surface area (Å²) in [5.74, 6) is -1.13. The van der Waals surface area contributed by atoms with E-state index in [-0.39, 0.29) is 11.5 Å². The molecule has 0 unspecified atom stereocenters. The maximum Gasteiger partial charge on any atom is 0.335 e. The van der Waals surface area contributed by atoms with Gasteiger partial charge in [-0.05, 0) is 74.2 Å². The minimum Gasteiger partial charge on any atom is -0.478 e. The Morgan fingerprint density at radius 2 is 1.81 bits per heavy atom. The van der Waals surface area contributed by atoms with Crippen LogP contribution >= 0.6 is 11.6 Å². The van der Waals surface area contributed by atoms with E-state index in [1.807, 2.05) is 43.4 Å². The lowest BCUT2D eigenvalue weighted by Crippen LogP contribution is -2.24. The molecule has 1 aliphatic carbocycles. The van der Waals surface area contributed by atoms with Crippen molar-refractivity contribution in [1.82, 2.24) is 5.32 Å². The molecule has 37 heavy (non-hydrogen) atoms. The van der Waals surface area contributed by atoms with Gasteiger partial charge in [0.15, 0.2) is 0 Å². The third-order valence-corrected chi connectivity index (χ3v) is 6.30. The van der Waals surface area contributed by atoms with Crippen molar-refractivity contribution in [2.24, 2.45) is 4.99 Å². The molecule has 2 aromatic carbocycles. The van der Waals surface area contributed by atoms with Crippen LogP contribution in [0, 0.1) is 0 Å². The maximum absolute atomic E-state index is 12.4. The van der Waals surface area contributed by atoms with Crippen LogP contribution in [0.5, 0.6) is 0 Å². The first-order chi connectivity index (χ1) is 18.0. The van der Waals surface area contributed by atoms with E-state index in [0.29, 0.717) is 35.3 Å². The minimum absolute atomic E-state index is 0.146. The van der Waals surface area contributed by atoms with Crippen molar-refractivity contribution in [1.29, 1.82) is 0 Å². The number of carboxylic acid groups (broad SMARTS) is 1. The number of aromatic carboxylic acids is 1. The molecule has 0 spiro atoms. The number of anilines is 1. The fraction of sp³-hybridized carbons (Fsp3) is 0.300. The first-order valence-electron chi connectivity index (χ1n) is 12.7. The van der Waals surface area contributed by atoms with Gasteiger partial charge in [-0.25, -0.2) is 4.79 Å². The van der Waals surface area contributed by atoms with Crippen molar-refractivity contribution in [3.8, 4) is 0 Å². The second kappa shape index (κ2) is 14.8. The molecule has 0 aliphatic heterocycles. The van der Waals surface area contributed by atoms with Gasteiger partial charge in [-0.2, -0.15) is 0 Å². The molecule has 1 amide bonds. The summed E-state index contributed by atoms with van der Waals surface area (Å²) in [5.41, 5.74) is 2.98. The Bertz CT molecular complexity index is 1180. The van der Waals surface area contributed by atoms with Crippen LogP contribution in [0.1, 0.15) is 71.7 Å².